The van der Waals surface area contributed by atoms with Gasteiger partial charge >= 0.3 is 0 Å². The minimum absolute atomic E-state index is 0.0935. The first-order chi connectivity index (χ1) is 10.0. The zero-order valence-corrected chi connectivity index (χ0v) is 12.5. The maximum Gasteiger partial charge on any atom is 0.255 e. The predicted molar refractivity (Wildman–Crippen MR) is 81.7 cm³/mol. The summed E-state index contributed by atoms with van der Waals surface area (Å²) in [5.41, 5.74) is 1.38. The van der Waals surface area contributed by atoms with Crippen LogP contribution in [0.2, 0.25) is 5.02 Å². The topological polar surface area (TPSA) is 38.3 Å². The van der Waals surface area contributed by atoms with Crippen LogP contribution in [-0.4, -0.2) is 12.5 Å². The van der Waals surface area contributed by atoms with Crippen LogP contribution in [0.15, 0.2) is 36.4 Å². The van der Waals surface area contributed by atoms with Gasteiger partial charge in [-0.05, 0) is 55.8 Å². The van der Waals surface area contributed by atoms with Gasteiger partial charge in [0, 0.05) is 10.6 Å². The molecule has 110 valence electrons. The van der Waals surface area contributed by atoms with Gasteiger partial charge in [-0.3, -0.25) is 4.79 Å². The molecule has 0 aliphatic carbocycles. The number of aryl methyl sites for hydroxylation is 1. The predicted octanol–water partition coefficient (Wildman–Crippen LogP) is 4.44. The highest BCUT2D eigenvalue weighted by molar-refractivity contribution is 6.30. The Bertz CT molecular complexity index is 673. The Balaban J connectivity index is 2.18. The molecule has 0 saturated heterocycles. The van der Waals surface area contributed by atoms with Crippen molar-refractivity contribution in [1.29, 1.82) is 0 Å². The number of hydrogen-bond acceptors (Lipinski definition) is 2. The van der Waals surface area contributed by atoms with E-state index in [1.165, 1.54) is 12.1 Å². The zero-order chi connectivity index (χ0) is 15.4. The summed E-state index contributed by atoms with van der Waals surface area (Å²) in [6.45, 7) is 4.30. The number of rotatable bonds is 4. The second-order valence-electron chi connectivity index (χ2n) is 4.49. The lowest BCUT2D eigenvalue weighted by atomic mass is 10.1. The molecule has 0 aromatic heterocycles. The van der Waals surface area contributed by atoms with Crippen LogP contribution in [0.4, 0.5) is 10.1 Å². The van der Waals surface area contributed by atoms with Crippen molar-refractivity contribution >= 4 is 23.2 Å². The summed E-state index contributed by atoms with van der Waals surface area (Å²) < 4.78 is 19.1. The highest BCUT2D eigenvalue weighted by atomic mass is 35.5. The van der Waals surface area contributed by atoms with Crippen LogP contribution < -0.4 is 10.1 Å². The van der Waals surface area contributed by atoms with Gasteiger partial charge < -0.3 is 10.1 Å². The summed E-state index contributed by atoms with van der Waals surface area (Å²) in [4.78, 5) is 12.1. The van der Waals surface area contributed by atoms with Gasteiger partial charge in [-0.15, -0.1) is 0 Å². The molecule has 1 N–H and O–H groups in total. The molecule has 5 heteroatoms. The molecular formula is C16H15ClFNO2. The minimum Gasteiger partial charge on any atom is -0.494 e. The first kappa shape index (κ1) is 15.3. The molecule has 2 aromatic rings. The molecule has 0 bridgehead atoms. The number of carbonyl (C=O) groups excluding carboxylic acids is 1. The maximum atomic E-state index is 13.7. The van der Waals surface area contributed by atoms with Crippen LogP contribution in [0.25, 0.3) is 0 Å². The Hall–Kier alpha value is -2.07. The Morgan fingerprint density at radius 1 is 1.29 bits per heavy atom. The number of amides is 1. The van der Waals surface area contributed by atoms with Gasteiger partial charge in [-0.2, -0.15) is 0 Å². The number of halogens is 2. The minimum atomic E-state index is -0.571. The molecule has 0 atom stereocenters. The van der Waals surface area contributed by atoms with E-state index in [1.807, 2.05) is 13.8 Å². The first-order valence-electron chi connectivity index (χ1n) is 6.51. The average molecular weight is 308 g/mol. The monoisotopic (exact) mass is 307 g/mol. The van der Waals surface area contributed by atoms with Gasteiger partial charge in [0.25, 0.3) is 5.91 Å². The van der Waals surface area contributed by atoms with E-state index >= 15 is 0 Å². The lowest BCUT2D eigenvalue weighted by Gasteiger charge is -2.10. The highest BCUT2D eigenvalue weighted by Gasteiger charge is 2.11. The van der Waals surface area contributed by atoms with E-state index in [9.17, 15) is 9.18 Å². The van der Waals surface area contributed by atoms with Crippen LogP contribution >= 0.6 is 11.6 Å². The molecule has 2 aromatic carbocycles. The van der Waals surface area contributed by atoms with Gasteiger partial charge in [0.1, 0.15) is 11.6 Å². The fraction of sp³-hybridized carbons (Fsp3) is 0.188. The fourth-order valence-corrected chi connectivity index (χ4v) is 2.05. The van der Waals surface area contributed by atoms with Crippen molar-refractivity contribution in [2.45, 2.75) is 13.8 Å². The Labute approximate surface area is 127 Å². The van der Waals surface area contributed by atoms with Crippen LogP contribution in [-0.2, 0) is 0 Å². The number of ether oxygens (including phenoxy) is 1. The number of hydrogen-bond donors (Lipinski definition) is 1. The largest absolute Gasteiger partial charge is 0.494 e. The van der Waals surface area contributed by atoms with Crippen LogP contribution in [0.1, 0.15) is 22.8 Å². The fourth-order valence-electron chi connectivity index (χ4n) is 1.89. The third-order valence-electron chi connectivity index (χ3n) is 2.92. The maximum absolute atomic E-state index is 13.7. The SMILES string of the molecule is CCOc1ccc(C(=O)Nc2ccc(Cl)cc2F)cc1C. The Morgan fingerprint density at radius 3 is 2.67 bits per heavy atom. The highest BCUT2D eigenvalue weighted by Crippen LogP contribution is 2.22. The van der Waals surface area contributed by atoms with E-state index < -0.39 is 5.82 Å². The van der Waals surface area contributed by atoms with Gasteiger partial charge in [-0.1, -0.05) is 11.6 Å². The van der Waals surface area contributed by atoms with Gasteiger partial charge in [0.2, 0.25) is 0 Å². The summed E-state index contributed by atoms with van der Waals surface area (Å²) in [6.07, 6.45) is 0. The normalized spacial score (nSPS) is 10.3. The van der Waals surface area contributed by atoms with Crippen molar-refractivity contribution < 1.29 is 13.9 Å². The van der Waals surface area contributed by atoms with E-state index in [0.717, 1.165) is 17.4 Å². The molecule has 0 unspecified atom stereocenters. The van der Waals surface area contributed by atoms with E-state index in [4.69, 9.17) is 16.3 Å². The molecule has 0 heterocycles. The summed E-state index contributed by atoms with van der Waals surface area (Å²) in [7, 11) is 0. The summed E-state index contributed by atoms with van der Waals surface area (Å²) in [5.74, 6) is -0.229. The molecular weight excluding hydrogens is 293 g/mol. The molecule has 0 spiro atoms. The lowest BCUT2D eigenvalue weighted by molar-refractivity contribution is 0.102. The summed E-state index contributed by atoms with van der Waals surface area (Å²) in [5, 5.41) is 2.80. The number of benzene rings is 2. The van der Waals surface area contributed by atoms with E-state index in [0.29, 0.717) is 12.2 Å². The smallest absolute Gasteiger partial charge is 0.255 e. The molecule has 3 nitrogen and oxygen atoms in total. The third kappa shape index (κ3) is 3.73. The van der Waals surface area contributed by atoms with Crippen LogP contribution in [0, 0.1) is 12.7 Å². The average Bonchev–Trinajstić information content (AvgIpc) is 2.44. The molecule has 0 saturated carbocycles. The van der Waals surface area contributed by atoms with Gasteiger partial charge in [-0.25, -0.2) is 4.39 Å². The van der Waals surface area contributed by atoms with Crippen LogP contribution in [0.3, 0.4) is 0 Å². The van der Waals surface area contributed by atoms with Crippen molar-refractivity contribution in [1.82, 2.24) is 0 Å². The van der Waals surface area contributed by atoms with Gasteiger partial charge in [0.05, 0.1) is 12.3 Å². The summed E-state index contributed by atoms with van der Waals surface area (Å²) >= 11 is 5.67. The van der Waals surface area contributed by atoms with Crippen LogP contribution in [0.5, 0.6) is 5.75 Å². The van der Waals surface area contributed by atoms with Crippen molar-refractivity contribution in [3.8, 4) is 5.75 Å². The zero-order valence-electron chi connectivity index (χ0n) is 11.7. The Morgan fingerprint density at radius 2 is 2.05 bits per heavy atom. The van der Waals surface area contributed by atoms with Crippen molar-refractivity contribution in [3.05, 3.63) is 58.4 Å². The van der Waals surface area contributed by atoms with Gasteiger partial charge in [0.15, 0.2) is 0 Å². The Kier molecular flexibility index (Phi) is 4.81. The summed E-state index contributed by atoms with van der Waals surface area (Å²) in [6, 6.07) is 9.17. The first-order valence-corrected chi connectivity index (χ1v) is 6.89. The van der Waals surface area contributed by atoms with Crippen molar-refractivity contribution in [3.63, 3.8) is 0 Å². The van der Waals surface area contributed by atoms with E-state index in [2.05, 4.69) is 5.32 Å². The third-order valence-corrected chi connectivity index (χ3v) is 3.15. The molecule has 0 aliphatic rings. The molecule has 21 heavy (non-hydrogen) atoms. The molecule has 0 aliphatic heterocycles. The lowest BCUT2D eigenvalue weighted by Crippen LogP contribution is -2.13. The molecule has 0 fully saturated rings. The quantitative estimate of drug-likeness (QED) is 0.907. The van der Waals surface area contributed by atoms with Crippen molar-refractivity contribution in [2.24, 2.45) is 0 Å². The van der Waals surface area contributed by atoms with Crippen molar-refractivity contribution in [2.75, 3.05) is 11.9 Å². The standard InChI is InChI=1S/C16H15ClFNO2/c1-3-21-15-7-4-11(8-10(15)2)16(20)19-14-6-5-12(17)9-13(14)18/h4-9H,3H2,1-2H3,(H,19,20). The number of nitrogens with one attached hydrogen (secondary N) is 1. The number of carbonyl (C=O) groups is 1. The number of anilines is 1. The molecule has 0 radical (unpaired) electrons. The molecule has 1 amide bonds. The molecule has 2 rings (SSSR count). The van der Waals surface area contributed by atoms with E-state index in [1.54, 1.807) is 18.2 Å². The second kappa shape index (κ2) is 6.59. The van der Waals surface area contributed by atoms with E-state index in [-0.39, 0.29) is 16.6 Å². The second-order valence-corrected chi connectivity index (χ2v) is 4.93.